The van der Waals surface area contributed by atoms with Crippen molar-refractivity contribution in [2.75, 3.05) is 0 Å². The Kier molecular flexibility index (Phi) is 7.91. The van der Waals surface area contributed by atoms with E-state index in [9.17, 15) is 34.8 Å². The van der Waals surface area contributed by atoms with Crippen LogP contribution in [0.1, 0.15) is 19.4 Å². The molecule has 2 unspecified atom stereocenters. The molecule has 0 spiro atoms. The first kappa shape index (κ1) is 25.8. The first-order chi connectivity index (χ1) is 17.1. The first-order valence-electron chi connectivity index (χ1n) is 10.6. The third kappa shape index (κ3) is 5.79. The van der Waals surface area contributed by atoms with Gasteiger partial charge in [-0.3, -0.25) is 24.5 Å². The maximum Gasteiger partial charge on any atom is 0.441 e. The number of carbonyl (C=O) groups excluding carboxylic acids is 4. The lowest BCUT2D eigenvalue weighted by Crippen LogP contribution is -2.68. The zero-order valence-electron chi connectivity index (χ0n) is 19.1. The van der Waals surface area contributed by atoms with Gasteiger partial charge in [0.25, 0.3) is 11.5 Å². The Morgan fingerprint density at radius 2 is 2.00 bits per heavy atom. The first-order valence-corrected chi connectivity index (χ1v) is 10.6. The quantitative estimate of drug-likeness (QED) is 0.0550. The van der Waals surface area contributed by atoms with Crippen LogP contribution in [0.15, 0.2) is 30.6 Å². The van der Waals surface area contributed by atoms with Crippen LogP contribution < -0.4 is 10.6 Å². The van der Waals surface area contributed by atoms with Gasteiger partial charge in [0, 0.05) is 24.1 Å². The number of aromatic nitrogens is 4. The van der Waals surface area contributed by atoms with E-state index in [4.69, 9.17) is 4.74 Å². The summed E-state index contributed by atoms with van der Waals surface area (Å²) < 4.78 is 6.19. The number of tetrazole rings is 1. The number of rotatable bonds is 11. The second-order valence-corrected chi connectivity index (χ2v) is 8.02. The zero-order chi connectivity index (χ0) is 26.4. The van der Waals surface area contributed by atoms with E-state index in [0.29, 0.717) is 5.56 Å². The molecule has 1 saturated heterocycles. The molecule has 16 heteroatoms. The Labute approximate surface area is 202 Å². The third-order valence-corrected chi connectivity index (χ3v) is 5.62. The number of ketones is 1. The number of hydrogen-bond donors (Lipinski definition) is 2. The van der Waals surface area contributed by atoms with Gasteiger partial charge in [-0.2, -0.15) is 4.79 Å². The maximum absolute atomic E-state index is 12.9. The van der Waals surface area contributed by atoms with Crippen molar-refractivity contribution >= 4 is 35.0 Å². The summed E-state index contributed by atoms with van der Waals surface area (Å²) >= 11 is 0. The summed E-state index contributed by atoms with van der Waals surface area (Å²) in [6, 6.07) is 3.75. The number of nitro benzene ring substituents is 1. The molecule has 1 fully saturated rings. The molecule has 1 aliphatic rings. The van der Waals surface area contributed by atoms with E-state index >= 15 is 0 Å². The highest BCUT2D eigenvalue weighted by molar-refractivity contribution is 6.62. The van der Waals surface area contributed by atoms with Crippen molar-refractivity contribution in [2.24, 2.45) is 11.8 Å². The molecular formula is C20H21N9O7. The smallest absolute Gasteiger partial charge is 0.441 e. The second kappa shape index (κ2) is 11.1. The number of nitro groups is 1. The van der Waals surface area contributed by atoms with Crippen molar-refractivity contribution < 1.29 is 33.6 Å². The lowest BCUT2D eigenvalue weighted by atomic mass is 9.75. The molecule has 0 radical (unpaired) electrons. The summed E-state index contributed by atoms with van der Waals surface area (Å²) in [5.74, 6) is -4.74. The lowest BCUT2D eigenvalue weighted by Gasteiger charge is -2.42. The van der Waals surface area contributed by atoms with E-state index in [2.05, 4.69) is 30.9 Å². The summed E-state index contributed by atoms with van der Waals surface area (Å²) in [6.07, 6.45) is 1.25. The van der Waals surface area contributed by atoms with Crippen LogP contribution in [-0.2, 0) is 37.1 Å². The Morgan fingerprint density at radius 1 is 1.31 bits per heavy atom. The second-order valence-electron chi connectivity index (χ2n) is 8.02. The Bertz CT molecular complexity index is 1220. The monoisotopic (exact) mass is 499 g/mol. The van der Waals surface area contributed by atoms with Crippen molar-refractivity contribution in [1.29, 1.82) is 0 Å². The number of nitrogens with one attached hydrogen (secondary N) is 2. The summed E-state index contributed by atoms with van der Waals surface area (Å²) in [7, 11) is 0. The fraction of sp³-hybridized carbons (Fsp3) is 0.400. The molecule has 188 valence electrons. The fourth-order valence-electron chi connectivity index (χ4n) is 3.68. The molecule has 3 rings (SSSR count). The normalized spacial score (nSPS) is 18.0. The van der Waals surface area contributed by atoms with Gasteiger partial charge < -0.3 is 20.9 Å². The highest BCUT2D eigenvalue weighted by Gasteiger charge is 2.50. The summed E-state index contributed by atoms with van der Waals surface area (Å²) in [5.41, 5.74) is 8.66. The van der Waals surface area contributed by atoms with Crippen molar-refractivity contribution in [3.63, 3.8) is 0 Å². The number of benzene rings is 1. The molecule has 16 nitrogen and oxygen atoms in total. The fourth-order valence-corrected chi connectivity index (χ4v) is 3.68. The van der Waals surface area contributed by atoms with Crippen molar-refractivity contribution in [1.82, 2.24) is 30.8 Å². The zero-order valence-corrected chi connectivity index (χ0v) is 19.1. The minimum atomic E-state index is -1.21. The van der Waals surface area contributed by atoms with Crippen molar-refractivity contribution in [3.8, 4) is 0 Å². The number of β-lactam (4-membered cyclic amide) rings is 1. The number of amides is 2. The molecule has 2 heterocycles. The average molecular weight is 499 g/mol. The van der Waals surface area contributed by atoms with Crippen LogP contribution in [0.4, 0.5) is 5.69 Å². The van der Waals surface area contributed by atoms with Gasteiger partial charge in [-0.05, 0) is 35.0 Å². The van der Waals surface area contributed by atoms with Crippen LogP contribution in [-0.4, -0.2) is 71.3 Å². The van der Waals surface area contributed by atoms with Crippen LogP contribution in [0.3, 0.4) is 0 Å². The van der Waals surface area contributed by atoms with Crippen LogP contribution in [0.5, 0.6) is 0 Å². The molecule has 0 aliphatic carbocycles. The molecule has 1 aromatic heterocycles. The van der Waals surface area contributed by atoms with E-state index in [1.54, 1.807) is 6.92 Å². The lowest BCUT2D eigenvalue weighted by molar-refractivity contribution is -0.384. The molecule has 4 atom stereocenters. The predicted octanol–water partition coefficient (Wildman–Crippen LogP) is -1.18. The number of ether oxygens (including phenoxy) is 1. The van der Waals surface area contributed by atoms with E-state index in [-0.39, 0.29) is 18.8 Å². The molecule has 1 aliphatic heterocycles. The van der Waals surface area contributed by atoms with Crippen LogP contribution in [0.25, 0.3) is 5.53 Å². The molecular weight excluding hydrogens is 478 g/mol. The number of Topliss-reactive ketones (excluding diaryl/α,β-unsaturated/α-hetero) is 1. The highest BCUT2D eigenvalue weighted by atomic mass is 16.6. The SMILES string of the molecule is C[C@@H](NC(=O)Cn1cnnn1)C1C(=O)NC1[C@@H](C)C(=O)C(=[N+]=[N-])C(=O)OCc1ccc([N+](=O)[O-])cc1. The van der Waals surface area contributed by atoms with Gasteiger partial charge >= 0.3 is 11.7 Å². The Hall–Kier alpha value is -4.85. The number of esters is 1. The van der Waals surface area contributed by atoms with Gasteiger partial charge in [0.05, 0.1) is 16.9 Å². The summed E-state index contributed by atoms with van der Waals surface area (Å²) in [4.78, 5) is 62.5. The van der Waals surface area contributed by atoms with Crippen LogP contribution in [0.2, 0.25) is 0 Å². The Morgan fingerprint density at radius 3 is 2.56 bits per heavy atom. The minimum Gasteiger partial charge on any atom is -0.452 e. The van der Waals surface area contributed by atoms with Crippen molar-refractivity contribution in [3.05, 3.63) is 51.8 Å². The number of nitrogens with zero attached hydrogens (tertiary/aromatic N) is 7. The Balaban J connectivity index is 1.58. The molecule has 2 amide bonds. The summed E-state index contributed by atoms with van der Waals surface area (Å²) in [5, 5.41) is 26.4. The molecule has 36 heavy (non-hydrogen) atoms. The summed E-state index contributed by atoms with van der Waals surface area (Å²) in [6.45, 7) is 2.52. The number of hydrogen-bond acceptors (Lipinski definition) is 10. The number of non-ortho nitro benzene ring substituents is 1. The maximum atomic E-state index is 12.9. The van der Waals surface area contributed by atoms with Crippen molar-refractivity contribution in [2.45, 2.75) is 39.1 Å². The van der Waals surface area contributed by atoms with Gasteiger partial charge in [0.15, 0.2) is 0 Å². The predicted molar refractivity (Wildman–Crippen MR) is 117 cm³/mol. The topological polar surface area (TPSA) is 225 Å². The molecule has 0 saturated carbocycles. The van der Waals surface area contributed by atoms with Gasteiger partial charge in [-0.1, -0.05) is 6.92 Å². The van der Waals surface area contributed by atoms with Gasteiger partial charge in [0.2, 0.25) is 11.8 Å². The highest BCUT2D eigenvalue weighted by Crippen LogP contribution is 2.26. The van der Waals surface area contributed by atoms with Crippen LogP contribution in [0, 0.1) is 22.0 Å². The van der Waals surface area contributed by atoms with E-state index in [0.717, 1.165) is 0 Å². The molecule has 2 N–H and O–H groups in total. The largest absolute Gasteiger partial charge is 0.452 e. The number of carbonyl (C=O) groups is 4. The van der Waals surface area contributed by atoms with Gasteiger partial charge in [0.1, 0.15) is 19.5 Å². The average Bonchev–Trinajstić information content (AvgIpc) is 3.33. The van der Waals surface area contributed by atoms with E-state index in [1.165, 1.54) is 42.2 Å². The molecule has 1 aromatic carbocycles. The standard InChI is InChI=1S/C20H21N9O7/c1-10(16-15(19(32)24-16)11(2)23-14(30)7-28-9-22-26-27-28)18(31)17(25-21)20(33)36-8-12-3-5-13(6-4-12)29(34)35/h3-6,9-11,15-16H,7-8H2,1-2H3,(H,23,30)(H,24,32)/t10-,11-,15?,16?/m1/s1. The molecule has 0 bridgehead atoms. The van der Waals surface area contributed by atoms with E-state index in [1.807, 2.05) is 0 Å². The van der Waals surface area contributed by atoms with Gasteiger partial charge in [-0.25, -0.2) is 9.48 Å². The van der Waals surface area contributed by atoms with Gasteiger partial charge in [-0.15, -0.1) is 5.10 Å². The van der Waals surface area contributed by atoms with E-state index < -0.39 is 58.1 Å². The third-order valence-electron chi connectivity index (χ3n) is 5.62. The molecule has 2 aromatic rings. The minimum absolute atomic E-state index is 0.149. The van der Waals surface area contributed by atoms with Crippen LogP contribution >= 0.6 is 0 Å².